The van der Waals surface area contributed by atoms with E-state index in [2.05, 4.69) is 17.0 Å². The maximum Gasteiger partial charge on any atom is 0.0681 e. The van der Waals surface area contributed by atoms with Crippen molar-refractivity contribution in [2.45, 2.75) is 19.4 Å². The topological polar surface area (TPSA) is 32.7 Å². The lowest BCUT2D eigenvalue weighted by atomic mass is 9.73. The molecule has 3 rings (SSSR count). The van der Waals surface area contributed by atoms with Crippen LogP contribution in [0.25, 0.3) is 0 Å². The summed E-state index contributed by atoms with van der Waals surface area (Å²) in [5.74, 6) is 0. The zero-order chi connectivity index (χ0) is 11.7. The molecule has 2 heterocycles. The van der Waals surface area contributed by atoms with Crippen LogP contribution in [-0.4, -0.2) is 31.4 Å². The van der Waals surface area contributed by atoms with Gasteiger partial charge in [0.25, 0.3) is 0 Å². The summed E-state index contributed by atoms with van der Waals surface area (Å²) >= 11 is 0. The van der Waals surface area contributed by atoms with Gasteiger partial charge >= 0.3 is 0 Å². The zero-order valence-corrected chi connectivity index (χ0v) is 10.1. The van der Waals surface area contributed by atoms with Crippen LogP contribution in [0.1, 0.15) is 18.4 Å². The van der Waals surface area contributed by atoms with Crippen LogP contribution < -0.4 is 4.90 Å². The Morgan fingerprint density at radius 2 is 1.76 bits per heavy atom. The fourth-order valence-electron chi connectivity index (χ4n) is 2.88. The van der Waals surface area contributed by atoms with Gasteiger partial charge in [-0.1, -0.05) is 12.1 Å². The molecule has 2 aliphatic heterocycles. The number of aliphatic hydroxyl groups excluding tert-OH is 1. The highest BCUT2D eigenvalue weighted by molar-refractivity contribution is 5.50. The van der Waals surface area contributed by atoms with Crippen LogP contribution in [-0.2, 0) is 11.3 Å². The van der Waals surface area contributed by atoms with E-state index in [0.29, 0.717) is 5.41 Å². The third-order valence-electron chi connectivity index (χ3n) is 4.09. The Hall–Kier alpha value is -1.06. The maximum absolute atomic E-state index is 9.01. The van der Waals surface area contributed by atoms with Crippen molar-refractivity contribution >= 4 is 5.69 Å². The van der Waals surface area contributed by atoms with Gasteiger partial charge in [0.2, 0.25) is 0 Å². The Bertz CT molecular complexity index is 374. The first-order valence-corrected chi connectivity index (χ1v) is 6.34. The summed E-state index contributed by atoms with van der Waals surface area (Å²) in [6, 6.07) is 8.23. The van der Waals surface area contributed by atoms with E-state index in [9.17, 15) is 0 Å². The monoisotopic (exact) mass is 233 g/mol. The second-order valence-corrected chi connectivity index (χ2v) is 5.29. The van der Waals surface area contributed by atoms with E-state index < -0.39 is 0 Å². The van der Waals surface area contributed by atoms with Crippen LogP contribution >= 0.6 is 0 Å². The molecule has 1 N–H and O–H groups in total. The summed E-state index contributed by atoms with van der Waals surface area (Å²) in [7, 11) is 0. The summed E-state index contributed by atoms with van der Waals surface area (Å²) in [5, 5.41) is 9.01. The van der Waals surface area contributed by atoms with Gasteiger partial charge in [-0.2, -0.15) is 0 Å². The fraction of sp³-hybridized carbons (Fsp3) is 0.571. The fourth-order valence-corrected chi connectivity index (χ4v) is 2.88. The quantitative estimate of drug-likeness (QED) is 0.845. The van der Waals surface area contributed by atoms with Gasteiger partial charge in [0.15, 0.2) is 0 Å². The van der Waals surface area contributed by atoms with Crippen LogP contribution in [0.5, 0.6) is 0 Å². The van der Waals surface area contributed by atoms with Crippen molar-refractivity contribution < 1.29 is 9.84 Å². The summed E-state index contributed by atoms with van der Waals surface area (Å²) in [6.07, 6.45) is 2.41. The average Bonchev–Trinajstić information content (AvgIpc) is 2.37. The van der Waals surface area contributed by atoms with Crippen LogP contribution in [0.3, 0.4) is 0 Å². The Labute approximate surface area is 102 Å². The van der Waals surface area contributed by atoms with Gasteiger partial charge in [-0.25, -0.2) is 0 Å². The van der Waals surface area contributed by atoms with Crippen molar-refractivity contribution in [1.29, 1.82) is 0 Å². The highest BCUT2D eigenvalue weighted by Gasteiger charge is 2.43. The molecule has 2 saturated heterocycles. The van der Waals surface area contributed by atoms with Crippen molar-refractivity contribution in [3.8, 4) is 0 Å². The maximum atomic E-state index is 9.01. The first kappa shape index (κ1) is 11.1. The summed E-state index contributed by atoms with van der Waals surface area (Å²) < 4.78 is 5.43. The number of aliphatic hydroxyl groups is 1. The predicted octanol–water partition coefficient (Wildman–Crippen LogP) is 1.80. The summed E-state index contributed by atoms with van der Waals surface area (Å²) in [5.41, 5.74) is 2.78. The summed E-state index contributed by atoms with van der Waals surface area (Å²) in [4.78, 5) is 2.42. The van der Waals surface area contributed by atoms with Crippen molar-refractivity contribution in [2.75, 3.05) is 31.2 Å². The molecule has 0 bridgehead atoms. The van der Waals surface area contributed by atoms with Gasteiger partial charge in [0, 0.05) is 37.4 Å². The largest absolute Gasteiger partial charge is 0.392 e. The highest BCUT2D eigenvalue weighted by atomic mass is 16.5. The van der Waals surface area contributed by atoms with E-state index in [-0.39, 0.29) is 6.61 Å². The third kappa shape index (κ3) is 2.05. The summed E-state index contributed by atoms with van der Waals surface area (Å²) in [6.45, 7) is 4.31. The van der Waals surface area contributed by atoms with E-state index >= 15 is 0 Å². The SMILES string of the molecule is OCc1ccc(N2CC3(CCOCC3)C2)cc1. The van der Waals surface area contributed by atoms with Crippen LogP contribution in [0.4, 0.5) is 5.69 Å². The van der Waals surface area contributed by atoms with Crippen molar-refractivity contribution in [1.82, 2.24) is 0 Å². The first-order chi connectivity index (χ1) is 8.31. The number of hydrogen-bond acceptors (Lipinski definition) is 3. The molecule has 92 valence electrons. The molecule has 0 radical (unpaired) electrons. The number of hydrogen-bond donors (Lipinski definition) is 1. The van der Waals surface area contributed by atoms with Crippen molar-refractivity contribution in [3.63, 3.8) is 0 Å². The minimum atomic E-state index is 0.127. The van der Waals surface area contributed by atoms with Gasteiger partial charge in [-0.3, -0.25) is 0 Å². The minimum Gasteiger partial charge on any atom is -0.392 e. The number of benzene rings is 1. The molecule has 0 amide bonds. The van der Waals surface area contributed by atoms with Crippen molar-refractivity contribution in [3.05, 3.63) is 29.8 Å². The Kier molecular flexibility index (Phi) is 2.81. The molecular weight excluding hydrogens is 214 g/mol. The van der Waals surface area contributed by atoms with Crippen molar-refractivity contribution in [2.24, 2.45) is 5.41 Å². The smallest absolute Gasteiger partial charge is 0.0681 e. The Balaban J connectivity index is 1.63. The zero-order valence-electron chi connectivity index (χ0n) is 10.1. The number of nitrogens with zero attached hydrogens (tertiary/aromatic N) is 1. The lowest BCUT2D eigenvalue weighted by Gasteiger charge is -2.53. The van der Waals surface area contributed by atoms with Gasteiger partial charge in [0.1, 0.15) is 0 Å². The van der Waals surface area contributed by atoms with E-state index in [4.69, 9.17) is 9.84 Å². The molecule has 0 atom stereocenters. The molecule has 17 heavy (non-hydrogen) atoms. The van der Waals surface area contributed by atoms with E-state index in [1.54, 1.807) is 0 Å². The predicted molar refractivity (Wildman–Crippen MR) is 67.1 cm³/mol. The molecule has 0 saturated carbocycles. The second-order valence-electron chi connectivity index (χ2n) is 5.29. The minimum absolute atomic E-state index is 0.127. The van der Waals surface area contributed by atoms with E-state index in [1.165, 1.54) is 18.5 Å². The van der Waals surface area contributed by atoms with Crippen LogP contribution in [0, 0.1) is 5.41 Å². The molecule has 0 aliphatic carbocycles. The van der Waals surface area contributed by atoms with Gasteiger partial charge in [-0.15, -0.1) is 0 Å². The van der Waals surface area contributed by atoms with E-state index in [1.807, 2.05) is 12.1 Å². The normalized spacial score (nSPS) is 22.5. The molecule has 0 unspecified atom stereocenters. The lowest BCUT2D eigenvalue weighted by Crippen LogP contribution is -2.58. The number of ether oxygens (including phenoxy) is 1. The number of rotatable bonds is 2. The van der Waals surface area contributed by atoms with Crippen LogP contribution in [0.2, 0.25) is 0 Å². The average molecular weight is 233 g/mol. The molecule has 3 nitrogen and oxygen atoms in total. The Morgan fingerprint density at radius 1 is 1.12 bits per heavy atom. The molecule has 1 aromatic carbocycles. The van der Waals surface area contributed by atoms with Crippen LogP contribution in [0.15, 0.2) is 24.3 Å². The molecular formula is C14H19NO2. The Morgan fingerprint density at radius 3 is 2.35 bits per heavy atom. The number of anilines is 1. The van der Waals surface area contributed by atoms with E-state index in [0.717, 1.165) is 31.9 Å². The highest BCUT2D eigenvalue weighted by Crippen LogP contribution is 2.41. The van der Waals surface area contributed by atoms with Gasteiger partial charge in [-0.05, 0) is 30.5 Å². The molecule has 1 spiro atoms. The second kappa shape index (κ2) is 4.31. The molecule has 2 aliphatic rings. The lowest BCUT2D eigenvalue weighted by molar-refractivity contribution is -0.000193. The molecule has 0 aromatic heterocycles. The molecule has 1 aromatic rings. The molecule has 3 heteroatoms. The third-order valence-corrected chi connectivity index (χ3v) is 4.09. The standard InChI is InChI=1S/C14H19NO2/c16-9-12-1-3-13(4-2-12)15-10-14(11-15)5-7-17-8-6-14/h1-4,16H,5-11H2. The first-order valence-electron chi connectivity index (χ1n) is 6.34. The molecule has 2 fully saturated rings. The van der Waals surface area contributed by atoms with Gasteiger partial charge in [0.05, 0.1) is 6.61 Å². The van der Waals surface area contributed by atoms with Gasteiger partial charge < -0.3 is 14.7 Å².